The number of aromatic hydroxyl groups is 1. The summed E-state index contributed by atoms with van der Waals surface area (Å²) < 4.78 is 27.0. The van der Waals surface area contributed by atoms with E-state index in [1.165, 1.54) is 37.1 Å². The largest absolute Gasteiger partial charge is 0.505 e. The molecule has 3 aliphatic rings. The molecule has 0 atom stereocenters. The van der Waals surface area contributed by atoms with Crippen molar-refractivity contribution in [1.29, 1.82) is 0 Å². The van der Waals surface area contributed by atoms with Gasteiger partial charge in [-0.2, -0.15) is 0 Å². The zero-order valence-corrected chi connectivity index (χ0v) is 23.5. The minimum atomic E-state index is -0.740. The van der Waals surface area contributed by atoms with Crippen LogP contribution in [0.4, 0.5) is 4.39 Å². The molecule has 2 fully saturated rings. The Morgan fingerprint density at radius 2 is 1.73 bits per heavy atom. The number of hydrogen-bond donors (Lipinski definition) is 1. The van der Waals surface area contributed by atoms with Crippen molar-refractivity contribution in [2.45, 2.75) is 60.2 Å². The van der Waals surface area contributed by atoms with Crippen LogP contribution in [0.25, 0.3) is 16.7 Å². The highest BCUT2D eigenvalue weighted by Crippen LogP contribution is 2.52. The van der Waals surface area contributed by atoms with Gasteiger partial charge < -0.3 is 14.3 Å². The van der Waals surface area contributed by atoms with Crippen LogP contribution in [0.5, 0.6) is 11.5 Å². The highest BCUT2D eigenvalue weighted by molar-refractivity contribution is 7.99. The summed E-state index contributed by atoms with van der Waals surface area (Å²) in [5, 5.41) is 11.2. The molecule has 7 rings (SSSR count). The quantitative estimate of drug-likeness (QED) is 0.303. The first-order valence-electron chi connectivity index (χ1n) is 14.3. The third-order valence-electron chi connectivity index (χ3n) is 8.84. The van der Waals surface area contributed by atoms with Crippen LogP contribution in [0.15, 0.2) is 72.3 Å². The van der Waals surface area contributed by atoms with Crippen LogP contribution in [0.2, 0.25) is 0 Å². The van der Waals surface area contributed by atoms with Crippen LogP contribution in [0.3, 0.4) is 0 Å². The van der Waals surface area contributed by atoms with Gasteiger partial charge in [0.15, 0.2) is 5.75 Å². The number of fused-ring (bicyclic) bond motifs is 6. The molecule has 0 bridgehead atoms. The van der Waals surface area contributed by atoms with Gasteiger partial charge in [0.1, 0.15) is 34.0 Å². The number of nitrogens with zero attached hydrogens (tertiary/aromatic N) is 2. The van der Waals surface area contributed by atoms with Gasteiger partial charge in [0, 0.05) is 28.6 Å². The standard InChI is InChI=1S/C32H31FN2O5S/c33-20-6-9-22(10-7-20)41-29-28(36)27-25(40-31(29)38)19-26-32(12-2-1-3-13-32)23-18-21(8-11-24(23)35(26)30(27)37)39-17-16-34-14-4-5-15-34/h6-11,18-19,36H,1-5,12-17H2. The summed E-state index contributed by atoms with van der Waals surface area (Å²) >= 11 is 0.941. The van der Waals surface area contributed by atoms with Gasteiger partial charge in [0.2, 0.25) is 0 Å². The summed E-state index contributed by atoms with van der Waals surface area (Å²) in [5.41, 5.74) is 1.13. The Bertz CT molecular complexity index is 1750. The number of halogens is 1. The smallest absolute Gasteiger partial charge is 0.354 e. The van der Waals surface area contributed by atoms with Crippen LogP contribution in [-0.4, -0.2) is 40.8 Å². The number of hydrogen-bond acceptors (Lipinski definition) is 7. The lowest BCUT2D eigenvalue weighted by Gasteiger charge is -2.34. The molecule has 41 heavy (non-hydrogen) atoms. The fourth-order valence-corrected chi connectivity index (χ4v) is 7.68. The van der Waals surface area contributed by atoms with E-state index in [0.717, 1.165) is 86.2 Å². The van der Waals surface area contributed by atoms with E-state index in [9.17, 15) is 19.1 Å². The first-order valence-corrected chi connectivity index (χ1v) is 15.2. The normalized spacial score (nSPS) is 17.7. The first-order chi connectivity index (χ1) is 19.9. The van der Waals surface area contributed by atoms with Gasteiger partial charge in [-0.05, 0) is 86.8 Å². The highest BCUT2D eigenvalue weighted by atomic mass is 32.2. The van der Waals surface area contributed by atoms with E-state index in [4.69, 9.17) is 9.15 Å². The van der Waals surface area contributed by atoms with E-state index in [2.05, 4.69) is 11.0 Å². The van der Waals surface area contributed by atoms with E-state index in [-0.39, 0.29) is 15.9 Å². The molecule has 4 aromatic rings. The van der Waals surface area contributed by atoms with Crippen molar-refractivity contribution in [2.24, 2.45) is 0 Å². The van der Waals surface area contributed by atoms with Crippen molar-refractivity contribution >= 4 is 22.7 Å². The van der Waals surface area contributed by atoms with Gasteiger partial charge in [-0.3, -0.25) is 14.3 Å². The average Bonchev–Trinajstić information content (AvgIpc) is 3.58. The van der Waals surface area contributed by atoms with Crippen LogP contribution in [0, 0.1) is 5.82 Å². The number of pyridine rings is 1. The summed E-state index contributed by atoms with van der Waals surface area (Å²) in [6.45, 7) is 3.74. The van der Waals surface area contributed by atoms with Gasteiger partial charge in [0.05, 0.1) is 5.69 Å². The van der Waals surface area contributed by atoms with E-state index < -0.39 is 28.2 Å². The topological polar surface area (TPSA) is 84.9 Å². The summed E-state index contributed by atoms with van der Waals surface area (Å²) in [5.74, 6) is -0.0436. The predicted octanol–water partition coefficient (Wildman–Crippen LogP) is 5.98. The molecule has 1 spiro atoms. The monoisotopic (exact) mass is 574 g/mol. The molecule has 1 saturated heterocycles. The van der Waals surface area contributed by atoms with Gasteiger partial charge >= 0.3 is 5.63 Å². The van der Waals surface area contributed by atoms with E-state index in [1.54, 1.807) is 10.6 Å². The maximum atomic E-state index is 14.1. The van der Waals surface area contributed by atoms with Crippen molar-refractivity contribution < 1.29 is 18.7 Å². The molecule has 2 aliphatic heterocycles. The lowest BCUT2D eigenvalue weighted by Crippen LogP contribution is -2.31. The number of benzene rings is 2. The molecule has 1 N–H and O–H groups in total. The fraction of sp³-hybridized carbons (Fsp3) is 0.375. The molecule has 2 aromatic carbocycles. The Morgan fingerprint density at radius 1 is 0.976 bits per heavy atom. The van der Waals surface area contributed by atoms with E-state index in [0.29, 0.717) is 11.5 Å². The second kappa shape index (κ2) is 10.4. The second-order valence-electron chi connectivity index (χ2n) is 11.3. The Morgan fingerprint density at radius 3 is 2.49 bits per heavy atom. The second-order valence-corrected chi connectivity index (χ2v) is 12.3. The molecular weight excluding hydrogens is 543 g/mol. The zero-order chi connectivity index (χ0) is 28.1. The number of likely N-dealkylation sites (tertiary alicyclic amines) is 1. The predicted molar refractivity (Wildman–Crippen MR) is 155 cm³/mol. The number of rotatable bonds is 6. The molecule has 1 saturated carbocycles. The molecule has 0 unspecified atom stereocenters. The average molecular weight is 575 g/mol. The molecule has 0 amide bonds. The van der Waals surface area contributed by atoms with Crippen LogP contribution < -0.4 is 15.9 Å². The van der Waals surface area contributed by atoms with Crippen molar-refractivity contribution in [1.82, 2.24) is 9.47 Å². The summed E-state index contributed by atoms with van der Waals surface area (Å²) in [4.78, 5) is 30.0. The fourth-order valence-electron chi connectivity index (χ4n) is 6.85. The van der Waals surface area contributed by atoms with E-state index >= 15 is 0 Å². The van der Waals surface area contributed by atoms with Crippen molar-refractivity contribution in [3.05, 3.63) is 86.4 Å². The molecule has 2 aromatic heterocycles. The van der Waals surface area contributed by atoms with Gasteiger partial charge in [-0.25, -0.2) is 9.18 Å². The Balaban J connectivity index is 1.33. The Labute approximate surface area is 240 Å². The van der Waals surface area contributed by atoms with Crippen molar-refractivity contribution in [3.8, 4) is 17.2 Å². The maximum Gasteiger partial charge on any atom is 0.354 e. The van der Waals surface area contributed by atoms with Crippen LogP contribution >= 0.6 is 11.8 Å². The third-order valence-corrected chi connectivity index (χ3v) is 9.91. The van der Waals surface area contributed by atoms with Gasteiger partial charge in [0.25, 0.3) is 5.56 Å². The van der Waals surface area contributed by atoms with Crippen LogP contribution in [-0.2, 0) is 5.41 Å². The van der Waals surface area contributed by atoms with Crippen LogP contribution in [0.1, 0.15) is 56.2 Å². The Hall–Kier alpha value is -3.56. The SMILES string of the molecule is O=c1oc2cc3n(c(=O)c2c(O)c1Sc1ccc(F)cc1)-c1ccc(OCCN2CCCC2)cc1C31CCCCC1. The lowest BCUT2D eigenvalue weighted by atomic mass is 9.68. The maximum absolute atomic E-state index is 14.1. The molecule has 7 nitrogen and oxygen atoms in total. The van der Waals surface area contributed by atoms with Gasteiger partial charge in [-0.15, -0.1) is 0 Å². The molecule has 0 radical (unpaired) electrons. The molecule has 4 heterocycles. The minimum absolute atomic E-state index is 0.0392. The van der Waals surface area contributed by atoms with E-state index in [1.807, 2.05) is 12.1 Å². The van der Waals surface area contributed by atoms with Gasteiger partial charge in [-0.1, -0.05) is 31.0 Å². The van der Waals surface area contributed by atoms with Crippen molar-refractivity contribution in [3.63, 3.8) is 0 Å². The highest BCUT2D eigenvalue weighted by Gasteiger charge is 2.46. The van der Waals surface area contributed by atoms with Crippen molar-refractivity contribution in [2.75, 3.05) is 26.2 Å². The Kier molecular flexibility index (Phi) is 6.66. The third kappa shape index (κ3) is 4.46. The molecule has 1 aliphatic carbocycles. The summed E-state index contributed by atoms with van der Waals surface area (Å²) in [6.07, 6.45) is 7.40. The lowest BCUT2D eigenvalue weighted by molar-refractivity contribution is 0.237. The molecule has 212 valence electrons. The number of ether oxygens (including phenoxy) is 1. The first kappa shape index (κ1) is 26.3. The zero-order valence-electron chi connectivity index (χ0n) is 22.7. The molecule has 9 heteroatoms. The summed E-state index contributed by atoms with van der Waals surface area (Å²) in [7, 11) is 0. The molecular formula is C32H31FN2O5S. The summed E-state index contributed by atoms with van der Waals surface area (Å²) in [6, 6.07) is 13.2. The minimum Gasteiger partial charge on any atom is -0.505 e. The number of aromatic nitrogens is 1.